The Morgan fingerprint density at radius 3 is 3.00 bits per heavy atom. The van der Waals surface area contributed by atoms with Gasteiger partial charge in [-0.15, -0.1) is 0 Å². The first kappa shape index (κ1) is 13.9. The van der Waals surface area contributed by atoms with Crippen LogP contribution < -0.4 is 0 Å². The van der Waals surface area contributed by atoms with Gasteiger partial charge in [-0.25, -0.2) is 8.42 Å². The third-order valence-electron chi connectivity index (χ3n) is 3.08. The Labute approximate surface area is 112 Å². The quantitative estimate of drug-likeness (QED) is 0.868. The summed E-state index contributed by atoms with van der Waals surface area (Å²) >= 11 is 1.83. The van der Waals surface area contributed by atoms with Crippen LogP contribution in [0.15, 0.2) is 17.2 Å². The van der Waals surface area contributed by atoms with Crippen molar-refractivity contribution in [3.05, 3.63) is 18.0 Å². The lowest BCUT2D eigenvalue weighted by atomic mass is 10.3. The maximum atomic E-state index is 12.4. The van der Waals surface area contributed by atoms with Crippen molar-refractivity contribution in [2.45, 2.75) is 30.1 Å². The Morgan fingerprint density at radius 2 is 2.39 bits per heavy atom. The second-order valence-electron chi connectivity index (χ2n) is 4.28. The van der Waals surface area contributed by atoms with Crippen molar-refractivity contribution < 1.29 is 13.5 Å². The largest absolute Gasteiger partial charge is 0.390 e. The minimum atomic E-state index is -3.42. The fourth-order valence-corrected chi connectivity index (χ4v) is 4.86. The van der Waals surface area contributed by atoms with Crippen molar-refractivity contribution in [2.75, 3.05) is 18.8 Å². The van der Waals surface area contributed by atoms with Crippen LogP contribution in [0.5, 0.6) is 0 Å². The lowest BCUT2D eigenvalue weighted by Crippen LogP contribution is -2.41. The van der Waals surface area contributed by atoms with Crippen LogP contribution >= 0.6 is 11.8 Å². The minimum Gasteiger partial charge on any atom is -0.390 e. The summed E-state index contributed by atoms with van der Waals surface area (Å²) in [6, 6.07) is 1.50. The number of rotatable bonds is 4. The summed E-state index contributed by atoms with van der Waals surface area (Å²) in [5, 5.41) is 9.34. The summed E-state index contributed by atoms with van der Waals surface area (Å²) in [4.78, 5) is 3.01. The highest BCUT2D eigenvalue weighted by molar-refractivity contribution is 8.00. The van der Waals surface area contributed by atoms with Gasteiger partial charge in [0.25, 0.3) is 0 Å². The molecule has 1 aromatic heterocycles. The van der Waals surface area contributed by atoms with Gasteiger partial charge in [0.2, 0.25) is 10.0 Å². The molecule has 2 rings (SSSR count). The van der Waals surface area contributed by atoms with Gasteiger partial charge in [0.05, 0.1) is 11.5 Å². The zero-order valence-corrected chi connectivity index (χ0v) is 11.9. The molecule has 0 bridgehead atoms. The molecule has 102 valence electrons. The molecule has 1 aromatic rings. The first-order chi connectivity index (χ1) is 8.57. The SMILES string of the molecule is CCC1CN(S(=O)(=O)c2c[nH]c(CO)c2)CCS1. The van der Waals surface area contributed by atoms with Crippen LogP contribution in [0.1, 0.15) is 19.0 Å². The van der Waals surface area contributed by atoms with E-state index in [2.05, 4.69) is 11.9 Å². The summed E-state index contributed by atoms with van der Waals surface area (Å²) in [6.45, 7) is 3.03. The fourth-order valence-electron chi connectivity index (χ4n) is 1.97. The molecule has 2 heterocycles. The molecule has 1 unspecified atom stereocenters. The number of aromatic nitrogens is 1. The summed E-state index contributed by atoms with van der Waals surface area (Å²) in [7, 11) is -3.42. The molecule has 7 heteroatoms. The number of nitrogens with one attached hydrogen (secondary N) is 1. The van der Waals surface area contributed by atoms with Crippen LogP contribution in [0.4, 0.5) is 0 Å². The van der Waals surface area contributed by atoms with Crippen molar-refractivity contribution in [2.24, 2.45) is 0 Å². The minimum absolute atomic E-state index is 0.178. The first-order valence-corrected chi connectivity index (χ1v) is 8.46. The van der Waals surface area contributed by atoms with Gasteiger partial charge in [0.15, 0.2) is 0 Å². The molecule has 0 saturated carbocycles. The molecule has 18 heavy (non-hydrogen) atoms. The Morgan fingerprint density at radius 1 is 1.61 bits per heavy atom. The van der Waals surface area contributed by atoms with E-state index in [-0.39, 0.29) is 11.5 Å². The molecule has 1 atom stereocenters. The second kappa shape index (κ2) is 5.64. The first-order valence-electron chi connectivity index (χ1n) is 5.97. The van der Waals surface area contributed by atoms with E-state index in [1.807, 2.05) is 11.8 Å². The van der Waals surface area contributed by atoms with E-state index < -0.39 is 10.0 Å². The van der Waals surface area contributed by atoms with E-state index in [1.54, 1.807) is 4.31 Å². The zero-order valence-electron chi connectivity index (χ0n) is 10.3. The van der Waals surface area contributed by atoms with Crippen molar-refractivity contribution in [3.63, 3.8) is 0 Å². The highest BCUT2D eigenvalue weighted by atomic mass is 32.2. The average Bonchev–Trinajstić information content (AvgIpc) is 2.88. The maximum Gasteiger partial charge on any atom is 0.244 e. The molecular weight excluding hydrogens is 272 g/mol. The molecule has 2 N–H and O–H groups in total. The number of hydrogen-bond donors (Lipinski definition) is 2. The van der Waals surface area contributed by atoms with E-state index in [9.17, 15) is 8.42 Å². The van der Waals surface area contributed by atoms with Gasteiger partial charge in [-0.1, -0.05) is 6.92 Å². The summed E-state index contributed by atoms with van der Waals surface area (Å²) in [5.74, 6) is 0.842. The highest BCUT2D eigenvalue weighted by Crippen LogP contribution is 2.26. The molecular formula is C11H18N2O3S2. The van der Waals surface area contributed by atoms with Gasteiger partial charge < -0.3 is 10.1 Å². The van der Waals surface area contributed by atoms with E-state index in [4.69, 9.17) is 5.11 Å². The van der Waals surface area contributed by atoms with E-state index >= 15 is 0 Å². The Bertz CT molecular complexity index is 498. The predicted molar refractivity (Wildman–Crippen MR) is 72.0 cm³/mol. The van der Waals surface area contributed by atoms with Gasteiger partial charge in [-0.2, -0.15) is 16.1 Å². The van der Waals surface area contributed by atoms with Gasteiger partial charge in [0, 0.05) is 36.0 Å². The molecule has 1 aliphatic heterocycles. The van der Waals surface area contributed by atoms with Crippen molar-refractivity contribution in [1.29, 1.82) is 0 Å². The van der Waals surface area contributed by atoms with Crippen molar-refractivity contribution in [3.8, 4) is 0 Å². The molecule has 0 aromatic carbocycles. The summed E-state index contributed by atoms with van der Waals surface area (Å²) < 4.78 is 26.3. The number of aliphatic hydroxyl groups is 1. The van der Waals surface area contributed by atoms with Gasteiger partial charge in [-0.05, 0) is 12.5 Å². The molecule has 0 spiro atoms. The Balaban J connectivity index is 2.19. The van der Waals surface area contributed by atoms with Crippen molar-refractivity contribution in [1.82, 2.24) is 9.29 Å². The van der Waals surface area contributed by atoms with Crippen LogP contribution in [0.25, 0.3) is 0 Å². The van der Waals surface area contributed by atoms with E-state index in [0.29, 0.717) is 24.0 Å². The van der Waals surface area contributed by atoms with Crippen LogP contribution in [-0.2, 0) is 16.6 Å². The zero-order chi connectivity index (χ0) is 13.2. The molecule has 0 amide bonds. The second-order valence-corrected chi connectivity index (χ2v) is 7.63. The average molecular weight is 290 g/mol. The molecule has 0 radical (unpaired) electrons. The number of hydrogen-bond acceptors (Lipinski definition) is 4. The monoisotopic (exact) mass is 290 g/mol. The van der Waals surface area contributed by atoms with E-state index in [0.717, 1.165) is 12.2 Å². The molecule has 1 fully saturated rings. The number of sulfonamides is 1. The van der Waals surface area contributed by atoms with Gasteiger partial charge in [0.1, 0.15) is 0 Å². The van der Waals surface area contributed by atoms with Crippen LogP contribution in [0.3, 0.4) is 0 Å². The van der Waals surface area contributed by atoms with Crippen LogP contribution in [0.2, 0.25) is 0 Å². The normalized spacial score (nSPS) is 22.2. The number of H-pyrrole nitrogens is 1. The van der Waals surface area contributed by atoms with Gasteiger partial charge in [-0.3, -0.25) is 0 Å². The summed E-state index contributed by atoms with van der Waals surface area (Å²) in [5.41, 5.74) is 0.520. The molecule has 1 aliphatic rings. The Hall–Kier alpha value is -0.500. The molecule has 1 saturated heterocycles. The number of aliphatic hydroxyl groups excluding tert-OH is 1. The number of thioether (sulfide) groups is 1. The predicted octanol–water partition coefficient (Wildman–Crippen LogP) is 1.02. The third-order valence-corrected chi connectivity index (χ3v) is 6.30. The lowest BCUT2D eigenvalue weighted by molar-refractivity contribution is 0.277. The standard InChI is InChI=1S/C11H18N2O3S2/c1-2-10-7-13(3-4-17-10)18(15,16)11-5-9(8-14)12-6-11/h5-6,10,12,14H,2-4,7-8H2,1H3. The topological polar surface area (TPSA) is 73.4 Å². The van der Waals surface area contributed by atoms with Gasteiger partial charge >= 0.3 is 0 Å². The van der Waals surface area contributed by atoms with Crippen LogP contribution in [-0.4, -0.2) is 46.9 Å². The lowest BCUT2D eigenvalue weighted by Gasteiger charge is -2.30. The van der Waals surface area contributed by atoms with E-state index in [1.165, 1.54) is 12.3 Å². The molecule has 0 aliphatic carbocycles. The third kappa shape index (κ3) is 2.74. The number of nitrogens with zero attached hydrogens (tertiary/aromatic N) is 1. The maximum absolute atomic E-state index is 12.4. The van der Waals surface area contributed by atoms with Crippen molar-refractivity contribution >= 4 is 21.8 Å². The summed E-state index contributed by atoms with van der Waals surface area (Å²) in [6.07, 6.45) is 2.43. The smallest absolute Gasteiger partial charge is 0.244 e. The number of aromatic amines is 1. The molecule has 5 nitrogen and oxygen atoms in total. The van der Waals surface area contributed by atoms with Crippen LogP contribution in [0, 0.1) is 0 Å². The Kier molecular flexibility index (Phi) is 4.37. The fraction of sp³-hybridized carbons (Fsp3) is 0.636. The highest BCUT2D eigenvalue weighted by Gasteiger charge is 2.30.